The topological polar surface area (TPSA) is 55.6 Å². The van der Waals surface area contributed by atoms with Crippen molar-refractivity contribution in [1.82, 2.24) is 9.88 Å². The smallest absolute Gasteiger partial charge is 0.410 e. The fourth-order valence-electron chi connectivity index (χ4n) is 3.63. The van der Waals surface area contributed by atoms with E-state index < -0.39 is 6.09 Å². The van der Waals surface area contributed by atoms with Gasteiger partial charge in [0.05, 0.1) is 18.0 Å². The van der Waals surface area contributed by atoms with E-state index in [2.05, 4.69) is 29.1 Å². The molecule has 2 aromatic carbocycles. The summed E-state index contributed by atoms with van der Waals surface area (Å²) in [6.07, 6.45) is 1.45. The average molecular weight is 347 g/mol. The predicted octanol–water partition coefficient (Wildman–Crippen LogP) is 3.83. The van der Waals surface area contributed by atoms with Gasteiger partial charge in [-0.05, 0) is 42.2 Å². The van der Waals surface area contributed by atoms with Crippen molar-refractivity contribution < 1.29 is 9.53 Å². The number of fused-ring (bicyclic) bond motifs is 3. The van der Waals surface area contributed by atoms with Gasteiger partial charge in [-0.1, -0.05) is 30.3 Å². The number of aromatic nitrogens is 1. The summed E-state index contributed by atoms with van der Waals surface area (Å²) in [6, 6.07) is 16.1. The van der Waals surface area contributed by atoms with Gasteiger partial charge in [-0.3, -0.25) is 4.99 Å². The molecule has 0 fully saturated rings. The molecule has 0 saturated carbocycles. The Bertz CT molecular complexity index is 1000. The Morgan fingerprint density at radius 1 is 1.19 bits per heavy atom. The van der Waals surface area contributed by atoms with Crippen LogP contribution in [0.4, 0.5) is 4.79 Å². The van der Waals surface area contributed by atoms with E-state index in [4.69, 9.17) is 9.73 Å². The van der Waals surface area contributed by atoms with Gasteiger partial charge in [0, 0.05) is 25.0 Å². The van der Waals surface area contributed by atoms with Crippen LogP contribution in [0.2, 0.25) is 0 Å². The van der Waals surface area contributed by atoms with Crippen LogP contribution in [0.25, 0.3) is 10.9 Å². The molecule has 0 aliphatic heterocycles. The third-order valence-electron chi connectivity index (χ3n) is 4.87. The first-order valence-corrected chi connectivity index (χ1v) is 8.76. The van der Waals surface area contributed by atoms with Gasteiger partial charge in [-0.25, -0.2) is 4.79 Å². The van der Waals surface area contributed by atoms with Gasteiger partial charge >= 0.3 is 6.09 Å². The van der Waals surface area contributed by atoms with E-state index in [1.54, 1.807) is 7.05 Å². The summed E-state index contributed by atoms with van der Waals surface area (Å²) in [5, 5.41) is 3.61. The first-order chi connectivity index (χ1) is 12.7. The molecular formula is C21H21N3O2. The number of nitrogens with one attached hydrogen (secondary N) is 1. The molecule has 1 aliphatic carbocycles. The molecule has 0 radical (unpaired) electrons. The third-order valence-corrected chi connectivity index (χ3v) is 4.87. The molecule has 26 heavy (non-hydrogen) atoms. The monoisotopic (exact) mass is 347 g/mol. The lowest BCUT2D eigenvalue weighted by Crippen LogP contribution is -2.21. The first-order valence-electron chi connectivity index (χ1n) is 8.76. The number of amides is 1. The van der Waals surface area contributed by atoms with Gasteiger partial charge in [0.25, 0.3) is 0 Å². The number of rotatable bonds is 3. The fraction of sp³-hybridized carbons (Fsp3) is 0.238. The Labute approximate surface area is 152 Å². The molecule has 5 nitrogen and oxygen atoms in total. The molecule has 5 heteroatoms. The number of benzene rings is 2. The number of hydrogen-bond donors (Lipinski definition) is 1. The van der Waals surface area contributed by atoms with Gasteiger partial charge < -0.3 is 14.6 Å². The van der Waals surface area contributed by atoms with Crippen molar-refractivity contribution in [3.8, 4) is 5.75 Å². The molecular weight excluding hydrogens is 326 g/mol. The fourth-order valence-corrected chi connectivity index (χ4v) is 3.63. The molecule has 0 saturated heterocycles. The summed E-state index contributed by atoms with van der Waals surface area (Å²) in [4.78, 5) is 16.3. The summed E-state index contributed by atoms with van der Waals surface area (Å²) in [5.74, 6) is 0.555. The van der Waals surface area contributed by atoms with E-state index in [-0.39, 0.29) is 0 Å². The van der Waals surface area contributed by atoms with E-state index in [0.717, 1.165) is 29.5 Å². The van der Waals surface area contributed by atoms with Crippen molar-refractivity contribution in [2.75, 3.05) is 7.05 Å². The maximum Gasteiger partial charge on any atom is 0.412 e. The molecule has 132 valence electrons. The Morgan fingerprint density at radius 3 is 2.77 bits per heavy atom. The maximum absolute atomic E-state index is 11.5. The van der Waals surface area contributed by atoms with Crippen LogP contribution in [0.3, 0.4) is 0 Å². The average Bonchev–Trinajstić information content (AvgIpc) is 3.21. The molecule has 1 aliphatic rings. The molecule has 1 N–H and O–H groups in total. The second-order valence-electron chi connectivity index (χ2n) is 6.45. The zero-order valence-electron chi connectivity index (χ0n) is 15.0. The number of ether oxygens (including phenoxy) is 1. The third kappa shape index (κ3) is 2.86. The molecule has 3 aromatic rings. The molecule has 0 bridgehead atoms. The lowest BCUT2D eigenvalue weighted by atomic mass is 10.1. The standard InChI is InChI=1S/C21H21N3O2/c1-22-21(25)26-15-8-11-19-17(12-15)16-9-10-18(20(16)24(19)2)23-13-14-6-4-3-5-7-14/h3-8,11-12H,9-10,13H2,1-2H3,(H,22,25)/b23-18+. The van der Waals surface area contributed by atoms with E-state index in [0.29, 0.717) is 12.3 Å². The Balaban J connectivity index is 1.70. The number of nitrogens with zero attached hydrogens (tertiary/aromatic N) is 2. The molecule has 0 spiro atoms. The first kappa shape index (κ1) is 16.4. The normalized spacial score (nSPS) is 14.6. The highest BCUT2D eigenvalue weighted by molar-refractivity contribution is 6.09. The molecule has 1 amide bonds. The molecule has 4 rings (SSSR count). The Morgan fingerprint density at radius 2 is 2.00 bits per heavy atom. The lowest BCUT2D eigenvalue weighted by molar-refractivity contribution is 0.203. The van der Waals surface area contributed by atoms with Crippen LogP contribution in [-0.2, 0) is 20.0 Å². The lowest BCUT2D eigenvalue weighted by Gasteiger charge is -2.06. The van der Waals surface area contributed by atoms with E-state index >= 15 is 0 Å². The van der Waals surface area contributed by atoms with E-state index in [1.165, 1.54) is 16.8 Å². The number of aliphatic imine (C=N–C) groups is 1. The zero-order valence-corrected chi connectivity index (χ0v) is 15.0. The number of hydrogen-bond acceptors (Lipinski definition) is 3. The van der Waals surface area contributed by atoms with Gasteiger partial charge in [-0.2, -0.15) is 0 Å². The van der Waals surface area contributed by atoms with Crippen molar-refractivity contribution >= 4 is 22.7 Å². The minimum absolute atomic E-state index is 0.456. The van der Waals surface area contributed by atoms with Crippen LogP contribution in [0, 0.1) is 0 Å². The van der Waals surface area contributed by atoms with Gasteiger partial charge in [0.15, 0.2) is 0 Å². The largest absolute Gasteiger partial charge is 0.412 e. The Hall–Kier alpha value is -3.08. The summed E-state index contributed by atoms with van der Waals surface area (Å²) in [5.41, 5.74) is 5.99. The molecule has 0 unspecified atom stereocenters. The van der Waals surface area contributed by atoms with Crippen LogP contribution < -0.4 is 10.1 Å². The minimum Gasteiger partial charge on any atom is -0.410 e. The van der Waals surface area contributed by atoms with Crippen molar-refractivity contribution in [3.05, 3.63) is 65.4 Å². The van der Waals surface area contributed by atoms with E-state index in [1.807, 2.05) is 36.4 Å². The summed E-state index contributed by atoms with van der Waals surface area (Å²) >= 11 is 0. The van der Waals surface area contributed by atoms with Crippen LogP contribution in [-0.4, -0.2) is 23.4 Å². The second kappa shape index (κ2) is 6.67. The van der Waals surface area contributed by atoms with Crippen LogP contribution in [0.5, 0.6) is 5.75 Å². The number of carbonyl (C=O) groups excluding carboxylic acids is 1. The van der Waals surface area contributed by atoms with Crippen molar-refractivity contribution in [1.29, 1.82) is 0 Å². The van der Waals surface area contributed by atoms with Gasteiger partial charge in [0.2, 0.25) is 0 Å². The Kier molecular flexibility index (Phi) is 4.21. The number of aryl methyl sites for hydroxylation is 2. The molecule has 1 heterocycles. The highest BCUT2D eigenvalue weighted by atomic mass is 16.5. The van der Waals surface area contributed by atoms with E-state index in [9.17, 15) is 4.79 Å². The minimum atomic E-state index is -0.456. The highest BCUT2D eigenvalue weighted by Gasteiger charge is 2.25. The zero-order chi connectivity index (χ0) is 18.1. The number of carbonyl (C=O) groups is 1. The maximum atomic E-state index is 11.5. The summed E-state index contributed by atoms with van der Waals surface area (Å²) in [6.45, 7) is 0.697. The van der Waals surface area contributed by atoms with Gasteiger partial charge in [0.1, 0.15) is 5.75 Å². The van der Waals surface area contributed by atoms with Crippen molar-refractivity contribution in [2.24, 2.45) is 12.0 Å². The predicted molar refractivity (Wildman–Crippen MR) is 103 cm³/mol. The summed E-state index contributed by atoms with van der Waals surface area (Å²) in [7, 11) is 3.63. The van der Waals surface area contributed by atoms with Crippen molar-refractivity contribution in [3.63, 3.8) is 0 Å². The van der Waals surface area contributed by atoms with Gasteiger partial charge in [-0.15, -0.1) is 0 Å². The van der Waals surface area contributed by atoms with Crippen LogP contribution in [0.1, 0.15) is 23.2 Å². The van der Waals surface area contributed by atoms with Crippen LogP contribution in [0.15, 0.2) is 53.5 Å². The molecule has 1 aromatic heterocycles. The highest BCUT2D eigenvalue weighted by Crippen LogP contribution is 2.35. The summed E-state index contributed by atoms with van der Waals surface area (Å²) < 4.78 is 7.48. The second-order valence-corrected chi connectivity index (χ2v) is 6.45. The quantitative estimate of drug-likeness (QED) is 0.783. The van der Waals surface area contributed by atoms with Crippen LogP contribution >= 0.6 is 0 Å². The van der Waals surface area contributed by atoms with Crippen molar-refractivity contribution in [2.45, 2.75) is 19.4 Å². The SMILES string of the molecule is CNC(=O)Oc1ccc2c(c1)c1c(n2C)/C(=N/Cc2ccccc2)CC1. The molecule has 0 atom stereocenters.